The number of aliphatic hydroxyl groups is 1. The molecule has 2 nitrogen and oxygen atoms in total. The Morgan fingerprint density at radius 3 is 2.77 bits per heavy atom. The van der Waals surface area contributed by atoms with Crippen LogP contribution >= 0.6 is 0 Å². The highest BCUT2D eigenvalue weighted by Gasteiger charge is 2.37. The van der Waals surface area contributed by atoms with Crippen LogP contribution in [0.5, 0.6) is 0 Å². The second-order valence-electron chi connectivity index (χ2n) is 4.27. The highest BCUT2D eigenvalue weighted by Crippen LogP contribution is 2.34. The van der Waals surface area contributed by atoms with Gasteiger partial charge >= 0.3 is 0 Å². The van der Waals surface area contributed by atoms with Crippen molar-refractivity contribution in [3.05, 3.63) is 0 Å². The van der Waals surface area contributed by atoms with Crippen molar-refractivity contribution < 1.29 is 9.84 Å². The smallest absolute Gasteiger partial charge is 0.0719 e. The molecule has 0 amide bonds. The third-order valence-electron chi connectivity index (χ3n) is 3.45. The van der Waals surface area contributed by atoms with Gasteiger partial charge in [-0.15, -0.1) is 0 Å². The van der Waals surface area contributed by atoms with Crippen molar-refractivity contribution >= 4 is 0 Å². The lowest BCUT2D eigenvalue weighted by molar-refractivity contribution is -0.129. The summed E-state index contributed by atoms with van der Waals surface area (Å²) in [5, 5.41) is 10.4. The normalized spacial score (nSPS) is 37.4. The zero-order valence-corrected chi connectivity index (χ0v) is 9.05. The van der Waals surface area contributed by atoms with Crippen LogP contribution in [0.2, 0.25) is 0 Å². The van der Waals surface area contributed by atoms with Crippen LogP contribution in [0.3, 0.4) is 0 Å². The van der Waals surface area contributed by atoms with Crippen LogP contribution in [0.1, 0.15) is 46.5 Å². The Hall–Kier alpha value is -0.0800. The molecule has 0 saturated carbocycles. The van der Waals surface area contributed by atoms with Crippen LogP contribution in [-0.2, 0) is 4.74 Å². The van der Waals surface area contributed by atoms with E-state index in [0.717, 1.165) is 32.3 Å². The molecule has 1 N–H and O–H groups in total. The summed E-state index contributed by atoms with van der Waals surface area (Å²) >= 11 is 0. The quantitative estimate of drug-likeness (QED) is 0.733. The highest BCUT2D eigenvalue weighted by molar-refractivity contribution is 4.88. The Balaban J connectivity index is 2.56. The largest absolute Gasteiger partial charge is 0.389 e. The third kappa shape index (κ3) is 2.44. The fourth-order valence-electron chi connectivity index (χ4n) is 2.05. The van der Waals surface area contributed by atoms with Gasteiger partial charge in [0.1, 0.15) is 0 Å². The summed E-state index contributed by atoms with van der Waals surface area (Å²) < 4.78 is 5.56. The van der Waals surface area contributed by atoms with E-state index in [9.17, 15) is 5.11 Å². The average Bonchev–Trinajstić information content (AvgIpc) is 2.16. The molecular formula is C11H22O2. The molecule has 0 aromatic rings. The standard InChI is InChI=1S/C11H22O2/c1-4-9(3)11(12)6-7-13-10(5-2)8-11/h9-10,12H,4-8H2,1-3H3. The van der Waals surface area contributed by atoms with Gasteiger partial charge in [-0.05, 0) is 18.8 Å². The Labute approximate surface area is 81.3 Å². The molecule has 1 saturated heterocycles. The Kier molecular flexibility index (Phi) is 3.74. The Morgan fingerprint density at radius 2 is 2.23 bits per heavy atom. The van der Waals surface area contributed by atoms with Gasteiger partial charge in [-0.2, -0.15) is 0 Å². The molecule has 0 aliphatic carbocycles. The summed E-state index contributed by atoms with van der Waals surface area (Å²) in [6.07, 6.45) is 3.95. The molecule has 1 rings (SSSR count). The van der Waals surface area contributed by atoms with Crippen LogP contribution in [0.15, 0.2) is 0 Å². The van der Waals surface area contributed by atoms with E-state index in [-0.39, 0.29) is 6.10 Å². The first-order valence-corrected chi connectivity index (χ1v) is 5.46. The van der Waals surface area contributed by atoms with E-state index < -0.39 is 5.60 Å². The average molecular weight is 186 g/mol. The maximum Gasteiger partial charge on any atom is 0.0719 e. The maximum atomic E-state index is 10.4. The second-order valence-corrected chi connectivity index (χ2v) is 4.27. The summed E-state index contributed by atoms with van der Waals surface area (Å²) in [5.41, 5.74) is -0.465. The number of hydrogen-bond donors (Lipinski definition) is 1. The van der Waals surface area contributed by atoms with Crippen LogP contribution < -0.4 is 0 Å². The molecule has 0 bridgehead atoms. The Morgan fingerprint density at radius 1 is 1.54 bits per heavy atom. The maximum absolute atomic E-state index is 10.4. The lowest BCUT2D eigenvalue weighted by Crippen LogP contribution is -2.45. The summed E-state index contributed by atoms with van der Waals surface area (Å²) in [6.45, 7) is 7.11. The van der Waals surface area contributed by atoms with E-state index >= 15 is 0 Å². The summed E-state index contributed by atoms with van der Waals surface area (Å²) in [7, 11) is 0. The molecule has 0 aromatic heterocycles. The van der Waals surface area contributed by atoms with Crippen molar-refractivity contribution in [3.63, 3.8) is 0 Å². The number of rotatable bonds is 3. The first-order valence-electron chi connectivity index (χ1n) is 5.46. The molecule has 1 aliphatic heterocycles. The molecule has 1 heterocycles. The van der Waals surface area contributed by atoms with Crippen molar-refractivity contribution in [2.24, 2.45) is 5.92 Å². The molecule has 0 spiro atoms. The predicted octanol–water partition coefficient (Wildman–Crippen LogP) is 2.35. The number of hydrogen-bond acceptors (Lipinski definition) is 2. The molecule has 2 heteroatoms. The molecule has 0 radical (unpaired) electrons. The molecule has 3 unspecified atom stereocenters. The van der Waals surface area contributed by atoms with Gasteiger partial charge in [-0.25, -0.2) is 0 Å². The van der Waals surface area contributed by atoms with Crippen molar-refractivity contribution in [3.8, 4) is 0 Å². The Bertz CT molecular complexity index is 158. The topological polar surface area (TPSA) is 29.5 Å². The lowest BCUT2D eigenvalue weighted by Gasteiger charge is -2.40. The molecule has 1 fully saturated rings. The minimum atomic E-state index is -0.465. The second kappa shape index (κ2) is 4.43. The van der Waals surface area contributed by atoms with Gasteiger partial charge in [0.05, 0.1) is 11.7 Å². The molecule has 78 valence electrons. The molecule has 3 atom stereocenters. The first-order chi connectivity index (χ1) is 6.12. The monoisotopic (exact) mass is 186 g/mol. The SMILES string of the molecule is CCC1CC(O)(C(C)CC)CCO1. The van der Waals surface area contributed by atoms with Gasteiger partial charge in [-0.1, -0.05) is 27.2 Å². The molecular weight excluding hydrogens is 164 g/mol. The molecule has 1 aliphatic rings. The van der Waals surface area contributed by atoms with E-state index in [1.807, 2.05) is 0 Å². The summed E-state index contributed by atoms with van der Waals surface area (Å²) in [5.74, 6) is 0.394. The number of ether oxygens (including phenoxy) is 1. The minimum absolute atomic E-state index is 0.271. The van der Waals surface area contributed by atoms with Crippen LogP contribution in [-0.4, -0.2) is 23.4 Å². The van der Waals surface area contributed by atoms with Crippen molar-refractivity contribution in [2.75, 3.05) is 6.61 Å². The van der Waals surface area contributed by atoms with Crippen LogP contribution in [0.25, 0.3) is 0 Å². The van der Waals surface area contributed by atoms with Gasteiger partial charge in [0.25, 0.3) is 0 Å². The molecule has 13 heavy (non-hydrogen) atoms. The van der Waals surface area contributed by atoms with Gasteiger partial charge in [0.2, 0.25) is 0 Å². The lowest BCUT2D eigenvalue weighted by atomic mass is 9.78. The fourth-order valence-corrected chi connectivity index (χ4v) is 2.05. The highest BCUT2D eigenvalue weighted by atomic mass is 16.5. The van der Waals surface area contributed by atoms with Crippen molar-refractivity contribution in [2.45, 2.75) is 58.2 Å². The van der Waals surface area contributed by atoms with Gasteiger partial charge in [0, 0.05) is 13.0 Å². The van der Waals surface area contributed by atoms with Crippen LogP contribution in [0.4, 0.5) is 0 Å². The fraction of sp³-hybridized carbons (Fsp3) is 1.00. The van der Waals surface area contributed by atoms with Crippen molar-refractivity contribution in [1.29, 1.82) is 0 Å². The summed E-state index contributed by atoms with van der Waals surface area (Å²) in [6, 6.07) is 0. The van der Waals surface area contributed by atoms with E-state index in [0.29, 0.717) is 5.92 Å². The predicted molar refractivity (Wildman–Crippen MR) is 53.7 cm³/mol. The zero-order chi connectivity index (χ0) is 9.90. The molecule has 0 aromatic carbocycles. The van der Waals surface area contributed by atoms with E-state index in [2.05, 4.69) is 20.8 Å². The van der Waals surface area contributed by atoms with Gasteiger partial charge in [-0.3, -0.25) is 0 Å². The van der Waals surface area contributed by atoms with Crippen molar-refractivity contribution in [1.82, 2.24) is 0 Å². The van der Waals surface area contributed by atoms with E-state index in [4.69, 9.17) is 4.74 Å². The van der Waals surface area contributed by atoms with E-state index in [1.54, 1.807) is 0 Å². The van der Waals surface area contributed by atoms with Crippen LogP contribution in [0, 0.1) is 5.92 Å². The summed E-state index contributed by atoms with van der Waals surface area (Å²) in [4.78, 5) is 0. The third-order valence-corrected chi connectivity index (χ3v) is 3.45. The first kappa shape index (κ1) is 11.0. The van der Waals surface area contributed by atoms with E-state index in [1.165, 1.54) is 0 Å². The zero-order valence-electron chi connectivity index (χ0n) is 9.05. The van der Waals surface area contributed by atoms with Gasteiger partial charge in [0.15, 0.2) is 0 Å². The van der Waals surface area contributed by atoms with Gasteiger partial charge < -0.3 is 9.84 Å². The minimum Gasteiger partial charge on any atom is -0.389 e.